The first kappa shape index (κ1) is 60.1. The van der Waals surface area contributed by atoms with Crippen LogP contribution in [0.3, 0.4) is 0 Å². The number of rotatable bonds is 14. The number of nitrogens with one attached hydrogen (secondary N) is 4. The van der Waals surface area contributed by atoms with Crippen molar-refractivity contribution in [2.75, 3.05) is 87.0 Å². The summed E-state index contributed by atoms with van der Waals surface area (Å²) in [5, 5.41) is 32.1. The van der Waals surface area contributed by atoms with Crippen LogP contribution in [0.15, 0.2) is 78.3 Å². The van der Waals surface area contributed by atoms with Crippen LogP contribution in [0.4, 0.5) is 32.6 Å². The number of likely N-dealkylation sites (tertiary alicyclic amines) is 2. The summed E-state index contributed by atoms with van der Waals surface area (Å²) in [4.78, 5) is 38.3. The number of benzene rings is 2. The first-order chi connectivity index (χ1) is 37.2. The molecule has 78 heavy (non-hydrogen) atoms. The van der Waals surface area contributed by atoms with E-state index in [2.05, 4.69) is 92.9 Å². The van der Waals surface area contributed by atoms with Gasteiger partial charge in [-0.05, 0) is 186 Å². The molecule has 4 amide bonds. The highest BCUT2D eigenvalue weighted by Gasteiger charge is 2.52. The molecule has 3 fully saturated rings. The van der Waals surface area contributed by atoms with Crippen LogP contribution in [0.1, 0.15) is 111 Å². The van der Waals surface area contributed by atoms with Crippen molar-refractivity contribution in [1.82, 2.24) is 19.8 Å². The van der Waals surface area contributed by atoms with Crippen molar-refractivity contribution < 1.29 is 38.6 Å². The predicted molar refractivity (Wildman–Crippen MR) is 315 cm³/mol. The predicted octanol–water partition coefficient (Wildman–Crippen LogP) is 11.6. The number of carbonyl (C=O) groups is 2. The number of anilines is 4. The van der Waals surface area contributed by atoms with E-state index in [1.807, 2.05) is 65.3 Å². The lowest BCUT2D eigenvalue weighted by molar-refractivity contribution is 0.00578. The molecule has 0 aliphatic carbocycles. The molecule has 0 unspecified atom stereocenters. The van der Waals surface area contributed by atoms with Gasteiger partial charge in [-0.1, -0.05) is 62.6 Å². The van der Waals surface area contributed by atoms with Gasteiger partial charge in [0.25, 0.3) is 0 Å². The quantitative estimate of drug-likeness (QED) is 0.0518. The maximum atomic E-state index is 12.8. The molecule has 16 nitrogen and oxygen atoms in total. The molecule has 6 N–H and O–H groups in total. The third kappa shape index (κ3) is 16.5. The van der Waals surface area contributed by atoms with Gasteiger partial charge in [-0.15, -0.1) is 0 Å². The van der Waals surface area contributed by atoms with Crippen molar-refractivity contribution in [2.24, 2.45) is 11.8 Å². The average Bonchev–Trinajstić information content (AvgIpc) is 4.17. The lowest BCUT2D eigenvalue weighted by atomic mass is 9.75. The fourth-order valence-corrected chi connectivity index (χ4v) is 10.0. The standard InChI is InChI=1S/C27H36N4O3.C22H29ClN4O2.C11H19BO3/c1-4-20-7-10-31(17-20)27(33)29-23-6-5-18(2)24(15-23)22-13-25(21-8-11-34-12-9-21)30-26(14-22)28-16-19(3)32;1-4-16-7-8-27(13-16)22(29)25-18-6-5-14(2)19(11-18)17-9-20(23)26-21(10-17)24-12-15(3)28;1-10(2)11(3,4)15-12(14-10)9-5-7-13-8-6-9/h5-6,8,13-15,19-20,32H,4,7,9-12,16-17H2,1-3H3,(H,28,30)(H,29,33);5-6,9-11,15-16,28H,4,7-8,12-13H2,1-3H3,(H,24,26)(H,25,29);5H,6-8H2,1-4H3/t19-,20-;15-,16-;/m11./s1. The second-order valence-electron chi connectivity index (χ2n) is 22.3. The summed E-state index contributed by atoms with van der Waals surface area (Å²) in [6.45, 7) is 27.0. The molecule has 0 spiro atoms. The van der Waals surface area contributed by atoms with E-state index in [1.54, 1.807) is 19.9 Å². The number of nitrogens with zero attached hydrogens (tertiary/aromatic N) is 4. The average molecular weight is 1090 g/mol. The first-order valence-electron chi connectivity index (χ1n) is 28.0. The van der Waals surface area contributed by atoms with E-state index in [0.717, 1.165) is 133 Å². The highest BCUT2D eigenvalue weighted by Crippen LogP contribution is 2.40. The lowest BCUT2D eigenvalue weighted by Crippen LogP contribution is -2.41. The third-order valence-electron chi connectivity index (χ3n) is 15.5. The monoisotopic (exact) mass is 1090 g/mol. The molecule has 5 aliphatic heterocycles. The van der Waals surface area contributed by atoms with Crippen molar-refractivity contribution in [3.63, 3.8) is 0 Å². The summed E-state index contributed by atoms with van der Waals surface area (Å²) in [7, 11) is -0.182. The number of halogens is 1. The molecule has 9 rings (SSSR count). The molecule has 2 aromatic carbocycles. The summed E-state index contributed by atoms with van der Waals surface area (Å²) >= 11 is 6.22. The summed E-state index contributed by atoms with van der Waals surface area (Å²) in [6.07, 6.45) is 9.28. The number of aliphatic hydroxyl groups excluding tert-OH is 2. The molecule has 5 aliphatic rings. The van der Waals surface area contributed by atoms with Gasteiger partial charge in [0.05, 0.1) is 55.5 Å². The Hall–Kier alpha value is -5.53. The second kappa shape index (κ2) is 27.6. The van der Waals surface area contributed by atoms with Gasteiger partial charge in [0.2, 0.25) is 0 Å². The molecule has 7 heterocycles. The van der Waals surface area contributed by atoms with Gasteiger partial charge in [0, 0.05) is 50.6 Å². The van der Waals surface area contributed by atoms with Gasteiger partial charge in [-0.2, -0.15) is 0 Å². The van der Waals surface area contributed by atoms with Crippen molar-refractivity contribution in [2.45, 2.75) is 131 Å². The van der Waals surface area contributed by atoms with Gasteiger partial charge < -0.3 is 60.1 Å². The Balaban J connectivity index is 0.000000181. The van der Waals surface area contributed by atoms with Crippen molar-refractivity contribution in [3.05, 3.63) is 100 Å². The number of aryl methyl sites for hydroxylation is 2. The Morgan fingerprint density at radius 2 is 1.19 bits per heavy atom. The number of hydrogen-bond donors (Lipinski definition) is 6. The van der Waals surface area contributed by atoms with E-state index in [4.69, 9.17) is 35.4 Å². The minimum absolute atomic E-state index is 0.0344. The Morgan fingerprint density at radius 1 is 0.705 bits per heavy atom. The number of aromatic nitrogens is 2. The Bertz CT molecular complexity index is 2740. The van der Waals surface area contributed by atoms with Gasteiger partial charge in [0.15, 0.2) is 0 Å². The highest BCUT2D eigenvalue weighted by molar-refractivity contribution is 6.54. The van der Waals surface area contributed by atoms with E-state index in [0.29, 0.717) is 55.7 Å². The zero-order chi connectivity index (χ0) is 56.1. The van der Waals surface area contributed by atoms with E-state index < -0.39 is 12.2 Å². The number of ether oxygens (including phenoxy) is 2. The SMILES string of the molecule is CC1(C)OB(C2=CCOCC2)OC1(C)C.CC[C@@H]1CCN(C(=O)Nc2ccc(C)c(-c3cc(Cl)nc(NC[C@@H](C)O)c3)c2)C1.CC[C@@H]1CCN(C(=O)Nc2ccc(C)c(-c3cc(NC[C@@H](C)O)nc(C4=CCOCC4)c3)c2)C1. The fraction of sp³-hybridized carbons (Fsp3) is 0.533. The van der Waals surface area contributed by atoms with Crippen molar-refractivity contribution >= 4 is 59.4 Å². The molecule has 0 bridgehead atoms. The Morgan fingerprint density at radius 3 is 1.64 bits per heavy atom. The maximum Gasteiger partial charge on any atom is 0.490 e. The minimum atomic E-state index is -0.489. The number of hydrogen-bond acceptors (Lipinski definition) is 12. The van der Waals surface area contributed by atoms with Crippen LogP contribution in [0.2, 0.25) is 5.15 Å². The van der Waals surface area contributed by atoms with Crippen LogP contribution in [-0.4, -0.2) is 138 Å². The topological polar surface area (TPSA) is 192 Å². The van der Waals surface area contributed by atoms with E-state index in [1.165, 1.54) is 5.47 Å². The summed E-state index contributed by atoms with van der Waals surface area (Å²) in [6, 6.07) is 19.6. The van der Waals surface area contributed by atoms with Gasteiger partial charge in [0.1, 0.15) is 16.8 Å². The lowest BCUT2D eigenvalue weighted by Gasteiger charge is -2.32. The van der Waals surface area contributed by atoms with Gasteiger partial charge in [-0.25, -0.2) is 19.6 Å². The number of carbonyl (C=O) groups excluding carboxylic acids is 2. The van der Waals surface area contributed by atoms with Crippen molar-refractivity contribution in [1.29, 1.82) is 0 Å². The molecular formula is C60H84BClN8O8. The summed E-state index contributed by atoms with van der Waals surface area (Å²) < 4.78 is 22.7. The van der Waals surface area contributed by atoms with Gasteiger partial charge in [-0.3, -0.25) is 0 Å². The van der Waals surface area contributed by atoms with E-state index in [-0.39, 0.29) is 30.4 Å². The van der Waals surface area contributed by atoms with Crippen LogP contribution in [0.5, 0.6) is 0 Å². The minimum Gasteiger partial charge on any atom is -0.400 e. The normalized spacial score (nSPS) is 20.3. The molecule has 18 heteroatoms. The Labute approximate surface area is 468 Å². The summed E-state index contributed by atoms with van der Waals surface area (Å²) in [5.74, 6) is 2.52. The van der Waals surface area contributed by atoms with Crippen LogP contribution in [-0.2, 0) is 18.8 Å². The first-order valence-corrected chi connectivity index (χ1v) is 28.3. The third-order valence-corrected chi connectivity index (χ3v) is 15.7. The molecular weight excluding hydrogens is 1010 g/mol. The van der Waals surface area contributed by atoms with Crippen LogP contribution < -0.4 is 21.3 Å². The number of pyridine rings is 2. The molecule has 0 saturated carbocycles. The number of urea groups is 2. The number of amides is 4. The largest absolute Gasteiger partial charge is 0.490 e. The maximum absolute atomic E-state index is 12.8. The smallest absolute Gasteiger partial charge is 0.400 e. The molecule has 0 radical (unpaired) electrons. The molecule has 3 saturated heterocycles. The number of aliphatic hydroxyl groups is 2. The van der Waals surface area contributed by atoms with Crippen LogP contribution in [0, 0.1) is 25.7 Å². The highest BCUT2D eigenvalue weighted by atomic mass is 35.5. The Kier molecular flexibility index (Phi) is 21.3. The van der Waals surface area contributed by atoms with Crippen molar-refractivity contribution in [3.8, 4) is 22.3 Å². The fourth-order valence-electron chi connectivity index (χ4n) is 9.83. The van der Waals surface area contributed by atoms with E-state index >= 15 is 0 Å². The van der Waals surface area contributed by atoms with E-state index in [9.17, 15) is 19.8 Å². The zero-order valence-corrected chi connectivity index (χ0v) is 48.4. The molecule has 4 aromatic rings. The van der Waals surface area contributed by atoms with Crippen LogP contribution in [0.25, 0.3) is 27.8 Å². The van der Waals surface area contributed by atoms with Gasteiger partial charge >= 0.3 is 19.2 Å². The summed E-state index contributed by atoms with van der Waals surface area (Å²) in [5.41, 5.74) is 10.5. The molecule has 4 atom stereocenters. The van der Waals surface area contributed by atoms with Crippen LogP contribution >= 0.6 is 11.6 Å². The second-order valence-corrected chi connectivity index (χ2v) is 22.7. The molecule has 2 aromatic heterocycles. The zero-order valence-electron chi connectivity index (χ0n) is 47.6. The molecule has 422 valence electrons.